The molecule has 7 heteroatoms. The molecule has 2 aliphatic heterocycles. The van der Waals surface area contributed by atoms with Crippen LogP contribution in [-0.4, -0.2) is 42.1 Å². The van der Waals surface area contributed by atoms with E-state index in [1.807, 2.05) is 0 Å². The first-order valence-corrected chi connectivity index (χ1v) is 9.31. The fraction of sp³-hybridized carbons (Fsp3) is 0.375. The predicted molar refractivity (Wildman–Crippen MR) is 84.7 cm³/mol. The van der Waals surface area contributed by atoms with Gasteiger partial charge < -0.3 is 4.90 Å². The van der Waals surface area contributed by atoms with Crippen molar-refractivity contribution in [2.45, 2.75) is 23.5 Å². The highest BCUT2D eigenvalue weighted by atomic mass is 32.2. The first-order chi connectivity index (χ1) is 11.0. The van der Waals surface area contributed by atoms with Gasteiger partial charge in [0.05, 0.1) is 16.3 Å². The van der Waals surface area contributed by atoms with Crippen LogP contribution in [0, 0.1) is 0 Å². The molecule has 1 amide bonds. The monoisotopic (exact) mass is 331 g/mol. The van der Waals surface area contributed by atoms with E-state index in [2.05, 4.69) is 5.10 Å². The van der Waals surface area contributed by atoms with Crippen molar-refractivity contribution in [1.29, 1.82) is 0 Å². The van der Waals surface area contributed by atoms with Gasteiger partial charge in [0.25, 0.3) is 5.91 Å². The lowest BCUT2D eigenvalue weighted by molar-refractivity contribution is 0.0785. The summed E-state index contributed by atoms with van der Waals surface area (Å²) in [6.45, 7) is 1.43. The third-order valence-corrected chi connectivity index (χ3v) is 6.25. The molecule has 1 aromatic heterocycles. The second-order valence-electron chi connectivity index (χ2n) is 6.05. The SMILES string of the molecule is Cn1nc(C(=O)N2CCCC2)c2c1-c1ccccc1S(=O)(=O)C2. The largest absolute Gasteiger partial charge is 0.337 e. The smallest absolute Gasteiger partial charge is 0.274 e. The van der Waals surface area contributed by atoms with Crippen LogP contribution in [0.4, 0.5) is 0 Å². The van der Waals surface area contributed by atoms with Gasteiger partial charge in [0, 0.05) is 31.3 Å². The quantitative estimate of drug-likeness (QED) is 0.796. The van der Waals surface area contributed by atoms with Gasteiger partial charge in [-0.3, -0.25) is 9.48 Å². The summed E-state index contributed by atoms with van der Waals surface area (Å²) in [4.78, 5) is 14.8. The average molecular weight is 331 g/mol. The Bertz CT molecular complexity index is 909. The van der Waals surface area contributed by atoms with E-state index in [0.717, 1.165) is 18.5 Å². The number of hydrogen-bond donors (Lipinski definition) is 0. The number of nitrogens with zero attached hydrogens (tertiary/aromatic N) is 3. The van der Waals surface area contributed by atoms with Crippen LogP contribution < -0.4 is 0 Å². The first-order valence-electron chi connectivity index (χ1n) is 7.66. The summed E-state index contributed by atoms with van der Waals surface area (Å²) in [7, 11) is -1.69. The maximum atomic E-state index is 12.7. The van der Waals surface area contributed by atoms with Crippen molar-refractivity contribution >= 4 is 15.7 Å². The average Bonchev–Trinajstić information content (AvgIpc) is 3.15. The Balaban J connectivity index is 1.91. The van der Waals surface area contributed by atoms with Gasteiger partial charge in [-0.1, -0.05) is 18.2 Å². The zero-order chi connectivity index (χ0) is 16.2. The third kappa shape index (κ3) is 2.10. The van der Waals surface area contributed by atoms with Crippen LogP contribution in [0.25, 0.3) is 11.3 Å². The van der Waals surface area contributed by atoms with Crippen molar-refractivity contribution in [3.63, 3.8) is 0 Å². The fourth-order valence-corrected chi connectivity index (χ4v) is 5.08. The molecular weight excluding hydrogens is 314 g/mol. The van der Waals surface area contributed by atoms with Crippen LogP contribution in [0.1, 0.15) is 28.9 Å². The van der Waals surface area contributed by atoms with Gasteiger partial charge in [0.15, 0.2) is 15.5 Å². The summed E-state index contributed by atoms with van der Waals surface area (Å²) in [5.74, 6) is -0.323. The van der Waals surface area contributed by atoms with Crippen molar-refractivity contribution < 1.29 is 13.2 Å². The Morgan fingerprint density at radius 2 is 1.87 bits per heavy atom. The Morgan fingerprint density at radius 1 is 1.17 bits per heavy atom. The molecule has 1 fully saturated rings. The van der Waals surface area contributed by atoms with Gasteiger partial charge in [-0.2, -0.15) is 5.10 Å². The zero-order valence-electron chi connectivity index (χ0n) is 12.8. The number of rotatable bonds is 1. The van der Waals surface area contributed by atoms with Gasteiger partial charge in [-0.25, -0.2) is 8.42 Å². The summed E-state index contributed by atoms with van der Waals surface area (Å²) in [5.41, 5.74) is 2.17. The number of fused-ring (bicyclic) bond motifs is 3. The minimum absolute atomic E-state index is 0.158. The molecule has 1 aromatic carbocycles. The van der Waals surface area contributed by atoms with Crippen molar-refractivity contribution in [1.82, 2.24) is 14.7 Å². The van der Waals surface area contributed by atoms with Gasteiger partial charge in [0.1, 0.15) is 0 Å². The molecule has 0 spiro atoms. The maximum absolute atomic E-state index is 12.7. The second-order valence-corrected chi connectivity index (χ2v) is 8.01. The number of sulfone groups is 1. The molecule has 0 aliphatic carbocycles. The normalized spacial score (nSPS) is 18.6. The molecule has 4 rings (SSSR count). The van der Waals surface area contributed by atoms with E-state index < -0.39 is 9.84 Å². The number of carbonyl (C=O) groups excluding carboxylic acids is 1. The van der Waals surface area contributed by atoms with E-state index in [4.69, 9.17) is 0 Å². The standard InChI is InChI=1S/C16H17N3O3S/c1-18-15-11-6-2-3-7-13(11)23(21,22)10-12(15)14(17-18)16(20)19-8-4-5-9-19/h2-3,6-7H,4-5,8-10H2,1H3. The van der Waals surface area contributed by atoms with Crippen LogP contribution in [0.3, 0.4) is 0 Å². The highest BCUT2D eigenvalue weighted by molar-refractivity contribution is 7.90. The lowest BCUT2D eigenvalue weighted by Gasteiger charge is -2.19. The Morgan fingerprint density at radius 3 is 2.61 bits per heavy atom. The van der Waals surface area contributed by atoms with E-state index in [-0.39, 0.29) is 17.4 Å². The summed E-state index contributed by atoms with van der Waals surface area (Å²) in [6, 6.07) is 6.91. The summed E-state index contributed by atoms with van der Waals surface area (Å²) >= 11 is 0. The Kier molecular flexibility index (Phi) is 3.09. The number of benzene rings is 1. The number of aryl methyl sites for hydroxylation is 1. The second kappa shape index (κ2) is 4.92. The lowest BCUT2D eigenvalue weighted by Crippen LogP contribution is -2.29. The number of hydrogen-bond acceptors (Lipinski definition) is 4. The molecule has 2 aliphatic rings. The molecule has 3 heterocycles. The van der Waals surface area contributed by atoms with Crippen LogP contribution in [0.2, 0.25) is 0 Å². The van der Waals surface area contributed by atoms with Crippen LogP contribution in [-0.2, 0) is 22.6 Å². The minimum atomic E-state index is -3.45. The Labute approximate surface area is 134 Å². The van der Waals surface area contributed by atoms with Gasteiger partial charge in [0.2, 0.25) is 0 Å². The van der Waals surface area contributed by atoms with E-state index in [0.29, 0.717) is 29.1 Å². The molecule has 0 N–H and O–H groups in total. The number of amides is 1. The molecule has 2 aromatic rings. The number of likely N-dealkylation sites (tertiary alicyclic amines) is 1. The maximum Gasteiger partial charge on any atom is 0.274 e. The third-order valence-electron chi connectivity index (χ3n) is 4.55. The minimum Gasteiger partial charge on any atom is -0.337 e. The molecule has 6 nitrogen and oxygen atoms in total. The fourth-order valence-electron chi connectivity index (χ4n) is 3.48. The first kappa shape index (κ1) is 14.4. The molecule has 1 saturated heterocycles. The van der Waals surface area contributed by atoms with E-state index in [1.54, 1.807) is 40.9 Å². The number of carbonyl (C=O) groups is 1. The van der Waals surface area contributed by atoms with Gasteiger partial charge >= 0.3 is 0 Å². The molecule has 0 saturated carbocycles. The van der Waals surface area contributed by atoms with Gasteiger partial charge in [-0.05, 0) is 18.9 Å². The summed E-state index contributed by atoms with van der Waals surface area (Å²) in [6.07, 6.45) is 1.98. The Hall–Kier alpha value is -2.15. The molecule has 0 unspecified atom stereocenters. The van der Waals surface area contributed by atoms with Gasteiger partial charge in [-0.15, -0.1) is 0 Å². The van der Waals surface area contributed by atoms with Crippen molar-refractivity contribution in [3.05, 3.63) is 35.5 Å². The topological polar surface area (TPSA) is 72.3 Å². The number of aromatic nitrogens is 2. The van der Waals surface area contributed by atoms with E-state index in [9.17, 15) is 13.2 Å². The van der Waals surface area contributed by atoms with Crippen molar-refractivity contribution in [3.8, 4) is 11.3 Å². The lowest BCUT2D eigenvalue weighted by atomic mass is 10.1. The highest BCUT2D eigenvalue weighted by Crippen LogP contribution is 2.39. The van der Waals surface area contributed by atoms with Crippen molar-refractivity contribution in [2.75, 3.05) is 13.1 Å². The molecule has 0 radical (unpaired) electrons. The van der Waals surface area contributed by atoms with Crippen molar-refractivity contribution in [2.24, 2.45) is 7.05 Å². The van der Waals surface area contributed by atoms with Crippen LogP contribution >= 0.6 is 0 Å². The van der Waals surface area contributed by atoms with Crippen LogP contribution in [0.5, 0.6) is 0 Å². The van der Waals surface area contributed by atoms with E-state index >= 15 is 0 Å². The molecule has 120 valence electrons. The zero-order valence-corrected chi connectivity index (χ0v) is 13.6. The summed E-state index contributed by atoms with van der Waals surface area (Å²) in [5, 5.41) is 4.36. The molecule has 23 heavy (non-hydrogen) atoms. The van der Waals surface area contributed by atoms with E-state index in [1.165, 1.54) is 0 Å². The molecule has 0 bridgehead atoms. The predicted octanol–water partition coefficient (Wildman–Crippen LogP) is 1.61. The summed E-state index contributed by atoms with van der Waals surface area (Å²) < 4.78 is 26.8. The molecular formula is C16H17N3O3S. The highest BCUT2D eigenvalue weighted by Gasteiger charge is 2.36. The molecule has 0 atom stereocenters. The van der Waals surface area contributed by atoms with Crippen LogP contribution in [0.15, 0.2) is 29.2 Å².